The molecular weight excluding hydrogens is 201 g/mol. The topological polar surface area (TPSA) is 93.0 Å². The van der Waals surface area contributed by atoms with E-state index in [2.05, 4.69) is 0 Å². The molecule has 1 aromatic rings. The zero-order valence-corrected chi connectivity index (χ0v) is 8.45. The first-order valence-electron chi connectivity index (χ1n) is 4.31. The van der Waals surface area contributed by atoms with Gasteiger partial charge in [-0.2, -0.15) is 4.39 Å². The van der Waals surface area contributed by atoms with Gasteiger partial charge in [-0.3, -0.25) is 15.5 Å². The molecule has 0 aliphatic carbocycles. The summed E-state index contributed by atoms with van der Waals surface area (Å²) in [4.78, 5) is 9.59. The zero-order chi connectivity index (χ0) is 12.0. The second-order valence-corrected chi connectivity index (χ2v) is 2.31. The van der Waals surface area contributed by atoms with Crippen LogP contribution in [0.4, 0.5) is 15.8 Å². The number of nitro groups is 1. The lowest BCUT2D eigenvalue weighted by Gasteiger charge is -2.01. The van der Waals surface area contributed by atoms with Crippen molar-refractivity contribution < 1.29 is 9.31 Å². The van der Waals surface area contributed by atoms with Crippen LogP contribution in [-0.2, 0) is 0 Å². The highest BCUT2D eigenvalue weighted by Gasteiger charge is 2.19. The second kappa shape index (κ2) is 5.69. The summed E-state index contributed by atoms with van der Waals surface area (Å²) in [5.41, 5.74) is 4.21. The molecule has 0 atom stereocenters. The van der Waals surface area contributed by atoms with Gasteiger partial charge in [0.15, 0.2) is 0 Å². The molecule has 0 fully saturated rings. The summed E-state index contributed by atoms with van der Waals surface area (Å²) in [6.07, 6.45) is 0. The number of nitro benzene ring substituents is 1. The van der Waals surface area contributed by atoms with E-state index in [1.54, 1.807) is 0 Å². The van der Waals surface area contributed by atoms with Gasteiger partial charge in [-0.25, -0.2) is 0 Å². The van der Waals surface area contributed by atoms with Crippen LogP contribution in [0, 0.1) is 15.5 Å². The minimum absolute atomic E-state index is 0.110. The van der Waals surface area contributed by atoms with Crippen LogP contribution in [0.2, 0.25) is 0 Å². The molecule has 0 heterocycles. The molecule has 82 valence electrons. The van der Waals surface area contributed by atoms with Crippen molar-refractivity contribution >= 4 is 17.3 Å². The minimum Gasteiger partial charge on any atom is -0.398 e. The second-order valence-electron chi connectivity index (χ2n) is 2.31. The summed E-state index contributed by atoms with van der Waals surface area (Å²) in [5.74, 6) is -1.40. The van der Waals surface area contributed by atoms with Crippen molar-refractivity contribution in [3.05, 3.63) is 33.9 Å². The Kier molecular flexibility index (Phi) is 4.94. The molecule has 0 unspecified atom stereocenters. The van der Waals surface area contributed by atoms with E-state index in [4.69, 9.17) is 11.1 Å². The first-order chi connectivity index (χ1) is 7.04. The average molecular weight is 213 g/mol. The van der Waals surface area contributed by atoms with Gasteiger partial charge in [-0.1, -0.05) is 19.9 Å². The molecule has 6 heteroatoms. The normalized spacial score (nSPS) is 8.73. The Balaban J connectivity index is 0.000000921. The fraction of sp³-hybridized carbons (Fsp3) is 0.222. The zero-order valence-electron chi connectivity index (χ0n) is 8.45. The molecule has 1 rings (SSSR count). The van der Waals surface area contributed by atoms with Crippen molar-refractivity contribution in [1.82, 2.24) is 0 Å². The fourth-order valence-electron chi connectivity index (χ4n) is 0.949. The summed E-state index contributed by atoms with van der Waals surface area (Å²) in [6, 6.07) is 3.73. The third-order valence-corrected chi connectivity index (χ3v) is 1.49. The van der Waals surface area contributed by atoms with Gasteiger partial charge in [-0.15, -0.1) is 0 Å². The van der Waals surface area contributed by atoms with E-state index in [-0.39, 0.29) is 5.69 Å². The highest BCUT2D eigenvalue weighted by molar-refractivity contribution is 6.00. The van der Waals surface area contributed by atoms with Gasteiger partial charge in [0.2, 0.25) is 5.97 Å². The Morgan fingerprint density at radius 3 is 2.40 bits per heavy atom. The van der Waals surface area contributed by atoms with Gasteiger partial charge in [0.25, 0.3) is 5.69 Å². The van der Waals surface area contributed by atoms with E-state index < -0.39 is 22.1 Å². The number of hydrogen-bond acceptors (Lipinski definition) is 4. The number of rotatable bonds is 2. The van der Waals surface area contributed by atoms with Crippen molar-refractivity contribution in [2.24, 2.45) is 0 Å². The first kappa shape index (κ1) is 13.0. The number of nitrogens with two attached hydrogens (primary N) is 1. The van der Waals surface area contributed by atoms with Crippen LogP contribution in [0.5, 0.6) is 0 Å². The van der Waals surface area contributed by atoms with Crippen molar-refractivity contribution in [3.63, 3.8) is 0 Å². The molecule has 0 spiro atoms. The van der Waals surface area contributed by atoms with Crippen molar-refractivity contribution in [3.8, 4) is 0 Å². The lowest BCUT2D eigenvalue weighted by Crippen LogP contribution is -2.03. The standard InChI is InChI=1S/C7H6FN3O2.C2H6/c8-7(10)6-4(9)2-1-3-5(6)11(12)13;1-2/h1-3,10H,9H2;1-2H3. The SMILES string of the molecule is CC.N=C(F)c1c(N)cccc1[N+](=O)[O-]. The lowest BCUT2D eigenvalue weighted by molar-refractivity contribution is -0.385. The van der Waals surface area contributed by atoms with Crippen LogP contribution >= 0.6 is 0 Å². The van der Waals surface area contributed by atoms with Gasteiger partial charge in [-0.05, 0) is 6.07 Å². The maximum atomic E-state index is 12.5. The molecule has 1 aromatic carbocycles. The van der Waals surface area contributed by atoms with Gasteiger partial charge in [0.05, 0.1) is 10.6 Å². The van der Waals surface area contributed by atoms with Gasteiger partial charge in [0.1, 0.15) is 5.56 Å². The third-order valence-electron chi connectivity index (χ3n) is 1.49. The predicted molar refractivity (Wildman–Crippen MR) is 56.8 cm³/mol. The van der Waals surface area contributed by atoms with Crippen molar-refractivity contribution in [2.75, 3.05) is 5.73 Å². The summed E-state index contributed by atoms with van der Waals surface area (Å²) < 4.78 is 12.5. The van der Waals surface area contributed by atoms with E-state index in [9.17, 15) is 14.5 Å². The van der Waals surface area contributed by atoms with Crippen LogP contribution in [-0.4, -0.2) is 10.9 Å². The molecule has 0 aliphatic heterocycles. The maximum Gasteiger partial charge on any atom is 0.283 e. The number of nitrogen functional groups attached to an aromatic ring is 1. The number of nitrogens with one attached hydrogen (secondary N) is 1. The molecule has 0 amide bonds. The number of hydrogen-bond donors (Lipinski definition) is 2. The number of nitrogens with zero attached hydrogens (tertiary/aromatic N) is 1. The quantitative estimate of drug-likeness (QED) is 0.342. The van der Waals surface area contributed by atoms with E-state index in [1.807, 2.05) is 13.8 Å². The summed E-state index contributed by atoms with van der Waals surface area (Å²) in [7, 11) is 0. The number of halogens is 1. The fourth-order valence-corrected chi connectivity index (χ4v) is 0.949. The molecule has 0 saturated carbocycles. The van der Waals surface area contributed by atoms with Gasteiger partial charge in [0, 0.05) is 6.07 Å². The molecule has 0 aromatic heterocycles. The number of anilines is 1. The van der Waals surface area contributed by atoms with E-state index in [1.165, 1.54) is 12.1 Å². The Morgan fingerprint density at radius 1 is 1.53 bits per heavy atom. The predicted octanol–water partition coefficient (Wildman–Crippen LogP) is 2.50. The summed E-state index contributed by atoms with van der Waals surface area (Å²) in [6.45, 7) is 4.00. The van der Waals surface area contributed by atoms with E-state index in [0.29, 0.717) is 0 Å². The maximum absolute atomic E-state index is 12.5. The Labute approximate surface area is 86.4 Å². The Morgan fingerprint density at radius 2 is 2.07 bits per heavy atom. The molecule has 15 heavy (non-hydrogen) atoms. The monoisotopic (exact) mass is 213 g/mol. The Bertz CT molecular complexity index is 380. The molecule has 5 nitrogen and oxygen atoms in total. The van der Waals surface area contributed by atoms with Crippen LogP contribution in [0.3, 0.4) is 0 Å². The molecule has 0 aliphatic rings. The number of benzene rings is 1. The van der Waals surface area contributed by atoms with Crippen molar-refractivity contribution in [2.45, 2.75) is 13.8 Å². The van der Waals surface area contributed by atoms with Crippen LogP contribution in [0.25, 0.3) is 0 Å². The van der Waals surface area contributed by atoms with E-state index in [0.717, 1.165) is 6.07 Å². The molecule has 0 bridgehead atoms. The van der Waals surface area contributed by atoms with Gasteiger partial charge < -0.3 is 5.73 Å². The van der Waals surface area contributed by atoms with Crippen LogP contribution in [0.1, 0.15) is 19.4 Å². The first-order valence-corrected chi connectivity index (χ1v) is 4.31. The Hall–Kier alpha value is -1.98. The van der Waals surface area contributed by atoms with E-state index >= 15 is 0 Å². The van der Waals surface area contributed by atoms with Crippen molar-refractivity contribution in [1.29, 1.82) is 5.41 Å². The molecule has 3 N–H and O–H groups in total. The lowest BCUT2D eigenvalue weighted by atomic mass is 10.1. The third kappa shape index (κ3) is 3.01. The van der Waals surface area contributed by atoms with Crippen LogP contribution in [0.15, 0.2) is 18.2 Å². The van der Waals surface area contributed by atoms with Crippen LogP contribution < -0.4 is 5.73 Å². The molecular formula is C9H12FN3O2. The highest BCUT2D eigenvalue weighted by atomic mass is 19.1. The van der Waals surface area contributed by atoms with Gasteiger partial charge >= 0.3 is 0 Å². The average Bonchev–Trinajstić information content (AvgIpc) is 2.19. The largest absolute Gasteiger partial charge is 0.398 e. The molecule has 0 saturated heterocycles. The molecule has 0 radical (unpaired) electrons. The minimum atomic E-state index is -1.40. The smallest absolute Gasteiger partial charge is 0.283 e. The highest BCUT2D eigenvalue weighted by Crippen LogP contribution is 2.24. The summed E-state index contributed by atoms with van der Waals surface area (Å²) >= 11 is 0. The summed E-state index contributed by atoms with van der Waals surface area (Å²) in [5, 5.41) is 17.0.